The second-order valence-electron chi connectivity index (χ2n) is 8.80. The lowest BCUT2D eigenvalue weighted by atomic mass is 9.96. The van der Waals surface area contributed by atoms with Gasteiger partial charge in [-0.05, 0) is 80.3 Å². The number of fused-ring (bicyclic) bond motifs is 1. The van der Waals surface area contributed by atoms with Crippen LogP contribution in [0.25, 0.3) is 0 Å². The summed E-state index contributed by atoms with van der Waals surface area (Å²) < 4.78 is 40.3. The maximum Gasteiger partial charge on any atom is 0.264 e. The first-order valence-electron chi connectivity index (χ1n) is 11.5. The van der Waals surface area contributed by atoms with Crippen LogP contribution >= 0.6 is 0 Å². The molecule has 174 valence electrons. The van der Waals surface area contributed by atoms with E-state index in [0.717, 1.165) is 56.6 Å². The van der Waals surface area contributed by atoms with Gasteiger partial charge in [0, 0.05) is 24.8 Å². The van der Waals surface area contributed by atoms with Crippen LogP contribution in [0.1, 0.15) is 49.8 Å². The fraction of sp³-hybridized carbons (Fsp3) is 0.520. The molecule has 1 saturated heterocycles. The molecule has 2 aromatic rings. The lowest BCUT2D eigenvalue weighted by molar-refractivity contribution is 0.0494. The van der Waals surface area contributed by atoms with Crippen molar-refractivity contribution in [1.82, 2.24) is 0 Å². The van der Waals surface area contributed by atoms with Crippen molar-refractivity contribution in [3.8, 4) is 5.75 Å². The van der Waals surface area contributed by atoms with E-state index in [1.54, 1.807) is 22.5 Å². The van der Waals surface area contributed by atoms with Crippen LogP contribution < -0.4 is 9.04 Å². The third-order valence-electron chi connectivity index (χ3n) is 6.60. The van der Waals surface area contributed by atoms with Gasteiger partial charge < -0.3 is 14.6 Å². The van der Waals surface area contributed by atoms with Crippen molar-refractivity contribution in [2.24, 2.45) is 5.92 Å². The van der Waals surface area contributed by atoms with Crippen LogP contribution in [-0.4, -0.2) is 39.4 Å². The van der Waals surface area contributed by atoms with Crippen LogP contribution in [0.15, 0.2) is 41.3 Å². The topological polar surface area (TPSA) is 76.1 Å². The number of anilines is 1. The minimum atomic E-state index is -3.78. The van der Waals surface area contributed by atoms with Crippen LogP contribution in [-0.2, 0) is 34.2 Å². The molecule has 0 aromatic heterocycles. The van der Waals surface area contributed by atoms with Crippen LogP contribution in [0.3, 0.4) is 0 Å². The summed E-state index contributed by atoms with van der Waals surface area (Å²) in [5.41, 5.74) is 3.53. The molecule has 0 radical (unpaired) electrons. The van der Waals surface area contributed by atoms with Crippen molar-refractivity contribution in [2.75, 3.05) is 24.1 Å². The van der Waals surface area contributed by atoms with Gasteiger partial charge >= 0.3 is 0 Å². The summed E-state index contributed by atoms with van der Waals surface area (Å²) in [6, 6.07) is 10.7. The fourth-order valence-corrected chi connectivity index (χ4v) is 6.35. The molecule has 2 aromatic carbocycles. The molecule has 2 aliphatic heterocycles. The minimum Gasteiger partial charge on any atom is -0.493 e. The van der Waals surface area contributed by atoms with E-state index < -0.39 is 10.0 Å². The number of hydrogen-bond acceptors (Lipinski definition) is 5. The Hall–Kier alpha value is -2.09. The zero-order chi connectivity index (χ0) is 22.7. The lowest BCUT2D eigenvalue weighted by Crippen LogP contribution is -2.42. The zero-order valence-electron chi connectivity index (χ0n) is 18.9. The highest BCUT2D eigenvalue weighted by molar-refractivity contribution is 7.92. The quantitative estimate of drug-likeness (QED) is 0.675. The first-order chi connectivity index (χ1) is 15.4. The van der Waals surface area contributed by atoms with E-state index in [1.807, 2.05) is 19.1 Å². The molecule has 0 bridgehead atoms. The predicted octanol–water partition coefficient (Wildman–Crippen LogP) is 4.08. The van der Waals surface area contributed by atoms with Crippen molar-refractivity contribution < 1.29 is 23.0 Å². The van der Waals surface area contributed by atoms with Crippen LogP contribution in [0.4, 0.5) is 5.69 Å². The molecule has 0 aliphatic carbocycles. The second kappa shape index (κ2) is 9.81. The fourth-order valence-electron chi connectivity index (χ4n) is 4.57. The summed E-state index contributed by atoms with van der Waals surface area (Å²) in [6.07, 6.45) is 4.47. The van der Waals surface area contributed by atoms with Crippen LogP contribution in [0.2, 0.25) is 0 Å². The molecule has 1 fully saturated rings. The van der Waals surface area contributed by atoms with E-state index in [4.69, 9.17) is 9.47 Å². The Labute approximate surface area is 191 Å². The maximum atomic E-state index is 13.7. The summed E-state index contributed by atoms with van der Waals surface area (Å²) in [7, 11) is -3.78. The van der Waals surface area contributed by atoms with Crippen molar-refractivity contribution in [1.29, 1.82) is 0 Å². The van der Waals surface area contributed by atoms with Crippen molar-refractivity contribution >= 4 is 15.7 Å². The van der Waals surface area contributed by atoms with Crippen molar-refractivity contribution in [3.05, 3.63) is 53.1 Å². The Bertz CT molecular complexity index is 1050. The summed E-state index contributed by atoms with van der Waals surface area (Å²) in [5, 5.41) is 9.91. The predicted molar refractivity (Wildman–Crippen MR) is 125 cm³/mol. The molecular weight excluding hydrogens is 426 g/mol. The van der Waals surface area contributed by atoms with Gasteiger partial charge in [0.15, 0.2) is 0 Å². The third-order valence-corrected chi connectivity index (χ3v) is 8.52. The molecule has 1 N–H and O–H groups in total. The van der Waals surface area contributed by atoms with Gasteiger partial charge in [-0.25, -0.2) is 8.42 Å². The molecule has 1 atom stereocenters. The van der Waals surface area contributed by atoms with Gasteiger partial charge in [-0.1, -0.05) is 19.1 Å². The van der Waals surface area contributed by atoms with Gasteiger partial charge in [0.05, 0.1) is 23.8 Å². The van der Waals surface area contributed by atoms with Crippen LogP contribution in [0, 0.1) is 5.92 Å². The van der Waals surface area contributed by atoms with Crippen molar-refractivity contribution in [3.63, 3.8) is 0 Å². The monoisotopic (exact) mass is 459 g/mol. The Morgan fingerprint density at radius 2 is 1.91 bits per heavy atom. The second-order valence-corrected chi connectivity index (χ2v) is 10.6. The van der Waals surface area contributed by atoms with Gasteiger partial charge in [0.25, 0.3) is 10.0 Å². The molecule has 0 spiro atoms. The first kappa shape index (κ1) is 23.1. The number of rotatable bonds is 7. The summed E-state index contributed by atoms with van der Waals surface area (Å²) >= 11 is 0. The average Bonchev–Trinajstić information content (AvgIpc) is 2.82. The average molecular weight is 460 g/mol. The van der Waals surface area contributed by atoms with E-state index in [0.29, 0.717) is 23.8 Å². The van der Waals surface area contributed by atoms with Gasteiger partial charge in [-0.15, -0.1) is 0 Å². The normalized spacial score (nSPS) is 19.6. The Morgan fingerprint density at radius 1 is 1.12 bits per heavy atom. The van der Waals surface area contributed by atoms with E-state index in [-0.39, 0.29) is 17.5 Å². The maximum absolute atomic E-state index is 13.7. The number of ether oxygens (including phenoxy) is 2. The Balaban J connectivity index is 1.61. The number of aliphatic hydroxyl groups is 1. The molecule has 32 heavy (non-hydrogen) atoms. The summed E-state index contributed by atoms with van der Waals surface area (Å²) in [4.78, 5) is 0.180. The van der Waals surface area contributed by atoms with Gasteiger partial charge in [-0.2, -0.15) is 0 Å². The van der Waals surface area contributed by atoms with E-state index in [9.17, 15) is 13.5 Å². The zero-order valence-corrected chi connectivity index (χ0v) is 19.7. The molecule has 2 heterocycles. The number of aliphatic hydroxyl groups excluding tert-OH is 1. The number of sulfonamides is 1. The molecule has 0 unspecified atom stereocenters. The van der Waals surface area contributed by atoms with Gasteiger partial charge in [0.2, 0.25) is 0 Å². The number of aryl methyl sites for hydroxylation is 2. The molecule has 4 rings (SSSR count). The Morgan fingerprint density at radius 3 is 2.62 bits per heavy atom. The number of hydrogen-bond donors (Lipinski definition) is 1. The van der Waals surface area contributed by atoms with Gasteiger partial charge in [-0.3, -0.25) is 4.31 Å². The SMILES string of the molecule is CCc1ccc2c(c1)CC[C@@H](C)N2S(=O)(=O)c1ccc(OCC2CCOCC2)c(CO)c1. The molecule has 2 aliphatic rings. The molecule has 0 saturated carbocycles. The first-order valence-corrected chi connectivity index (χ1v) is 13.0. The Kier molecular flexibility index (Phi) is 7.08. The highest BCUT2D eigenvalue weighted by Gasteiger charge is 2.34. The summed E-state index contributed by atoms with van der Waals surface area (Å²) in [6.45, 7) is 5.80. The number of nitrogens with zero attached hydrogens (tertiary/aromatic N) is 1. The molecule has 0 amide bonds. The molecule has 6 nitrogen and oxygen atoms in total. The standard InChI is InChI=1S/C25H33NO5S/c1-3-19-5-8-24-21(14-19)6-4-18(2)26(24)32(28,29)23-7-9-25(22(15-23)16-27)31-17-20-10-12-30-13-11-20/h5,7-9,14-15,18,20,27H,3-4,6,10-13,16-17H2,1-2H3/t18-/m1/s1. The van der Waals surface area contributed by atoms with E-state index in [2.05, 4.69) is 13.0 Å². The number of benzene rings is 2. The molecular formula is C25H33NO5S. The largest absolute Gasteiger partial charge is 0.493 e. The summed E-state index contributed by atoms with van der Waals surface area (Å²) in [5.74, 6) is 0.954. The van der Waals surface area contributed by atoms with E-state index in [1.165, 1.54) is 5.56 Å². The van der Waals surface area contributed by atoms with E-state index >= 15 is 0 Å². The van der Waals surface area contributed by atoms with Gasteiger partial charge in [0.1, 0.15) is 5.75 Å². The highest BCUT2D eigenvalue weighted by Crippen LogP contribution is 2.37. The van der Waals surface area contributed by atoms with Crippen molar-refractivity contribution in [2.45, 2.75) is 63.5 Å². The lowest BCUT2D eigenvalue weighted by Gasteiger charge is -2.36. The molecule has 7 heteroatoms. The minimum absolute atomic E-state index is 0.137. The highest BCUT2D eigenvalue weighted by atomic mass is 32.2. The van der Waals surface area contributed by atoms with Crippen LogP contribution in [0.5, 0.6) is 5.75 Å². The third kappa shape index (κ3) is 4.65. The smallest absolute Gasteiger partial charge is 0.264 e.